The van der Waals surface area contributed by atoms with Crippen molar-refractivity contribution in [3.8, 4) is 0 Å². The summed E-state index contributed by atoms with van der Waals surface area (Å²) in [5, 5.41) is 0. The SMILES string of the molecule is Cc1cc2c3c(c1)N(c1ccc4c(c1C1CCCCC1)C(C)(C)CCC4(C)C)c1cc4c(cc1B3c1cc(C(C)(C)C)ccc1N2c1ccc(C(C)(C)C)cc1)C(C)(C)c1ccccc1C4(C)C. The molecule has 3 aliphatic carbocycles. The van der Waals surface area contributed by atoms with E-state index in [1.807, 2.05) is 0 Å². The number of nitrogens with zero attached hydrogens (tertiary/aromatic N) is 2. The molecule has 11 rings (SSSR count). The zero-order valence-corrected chi connectivity index (χ0v) is 44.3. The molecule has 0 atom stereocenters. The monoisotopic (exact) mass is 897 g/mol. The molecule has 68 heavy (non-hydrogen) atoms. The second-order valence-corrected chi connectivity index (χ2v) is 26.4. The Hall–Kier alpha value is -5.02. The van der Waals surface area contributed by atoms with Gasteiger partial charge >= 0.3 is 0 Å². The molecule has 0 unspecified atom stereocenters. The minimum atomic E-state index is -0.186. The minimum absolute atomic E-state index is 0.0156. The summed E-state index contributed by atoms with van der Waals surface area (Å²) in [7, 11) is 0. The van der Waals surface area contributed by atoms with Gasteiger partial charge in [-0.2, -0.15) is 0 Å². The minimum Gasteiger partial charge on any atom is -0.311 e. The Morgan fingerprint density at radius 3 is 1.65 bits per heavy atom. The Labute approximate surface area is 411 Å². The second-order valence-electron chi connectivity index (χ2n) is 26.4. The Bertz CT molecular complexity index is 3030. The summed E-state index contributed by atoms with van der Waals surface area (Å²) >= 11 is 0. The molecule has 1 saturated carbocycles. The Balaban J connectivity index is 1.29. The molecule has 5 aliphatic rings. The van der Waals surface area contributed by atoms with E-state index >= 15 is 0 Å². The standard InChI is InChI=1S/C65H77BN2/c1-40-35-55-59-56(36-40)68(53-32-30-47-58(57(53)41-21-17-16-18-22-41)63(10,11)34-33-62(47,8)9)54-39-49-48(64(12,13)45-23-19-20-24-46(45)65(49,14)15)38-51(54)66(59)50-37-43(61(5,6)7)27-31-52(50)67(55)44-28-25-42(26-29-44)60(2,3)4/h19-20,23-32,35-39,41H,16-18,21-22,33-34H2,1-15H3. The molecule has 2 heterocycles. The van der Waals surface area contributed by atoms with Gasteiger partial charge in [0.15, 0.2) is 0 Å². The molecule has 2 nitrogen and oxygen atoms in total. The Kier molecular flexibility index (Phi) is 10.0. The molecule has 350 valence electrons. The third kappa shape index (κ3) is 6.70. The predicted molar refractivity (Wildman–Crippen MR) is 294 cm³/mol. The van der Waals surface area contributed by atoms with Gasteiger partial charge in [-0.1, -0.05) is 177 Å². The zero-order valence-electron chi connectivity index (χ0n) is 44.3. The highest BCUT2D eigenvalue weighted by atomic mass is 15.2. The van der Waals surface area contributed by atoms with E-state index in [4.69, 9.17) is 0 Å². The van der Waals surface area contributed by atoms with Crippen LogP contribution in [0.15, 0.2) is 103 Å². The van der Waals surface area contributed by atoms with E-state index in [0.717, 1.165) is 0 Å². The lowest BCUT2D eigenvalue weighted by atomic mass is 9.33. The maximum Gasteiger partial charge on any atom is 0.252 e. The van der Waals surface area contributed by atoms with Crippen LogP contribution in [0.25, 0.3) is 0 Å². The van der Waals surface area contributed by atoms with E-state index in [1.165, 1.54) is 134 Å². The van der Waals surface area contributed by atoms with E-state index < -0.39 is 0 Å². The van der Waals surface area contributed by atoms with Crippen LogP contribution < -0.4 is 26.2 Å². The van der Waals surface area contributed by atoms with Crippen molar-refractivity contribution in [3.05, 3.63) is 159 Å². The lowest BCUT2D eigenvalue weighted by Gasteiger charge is -2.49. The number of rotatable bonds is 3. The van der Waals surface area contributed by atoms with Crippen molar-refractivity contribution in [3.63, 3.8) is 0 Å². The van der Waals surface area contributed by atoms with Crippen molar-refractivity contribution in [2.24, 2.45) is 0 Å². The predicted octanol–water partition coefficient (Wildman–Crippen LogP) is 16.0. The van der Waals surface area contributed by atoms with Gasteiger partial charge in [0.1, 0.15) is 0 Å². The molecule has 0 amide bonds. The van der Waals surface area contributed by atoms with Crippen molar-refractivity contribution in [2.45, 2.75) is 187 Å². The summed E-state index contributed by atoms with van der Waals surface area (Å²) in [5.74, 6) is 0.525. The van der Waals surface area contributed by atoms with Gasteiger partial charge in [0.2, 0.25) is 0 Å². The average Bonchev–Trinajstić information content (AvgIpc) is 3.28. The molecule has 6 aromatic carbocycles. The Morgan fingerprint density at radius 2 is 1.03 bits per heavy atom. The van der Waals surface area contributed by atoms with E-state index in [9.17, 15) is 0 Å². The van der Waals surface area contributed by atoms with Crippen molar-refractivity contribution < 1.29 is 0 Å². The lowest BCUT2D eigenvalue weighted by molar-refractivity contribution is 0.324. The number of hydrogen-bond acceptors (Lipinski definition) is 2. The first kappa shape index (κ1) is 45.4. The molecule has 0 bridgehead atoms. The van der Waals surface area contributed by atoms with Crippen LogP contribution in [0.4, 0.5) is 34.1 Å². The normalized spacial score (nSPS) is 19.6. The Morgan fingerprint density at radius 1 is 0.485 bits per heavy atom. The van der Waals surface area contributed by atoms with Crippen LogP contribution in [0.2, 0.25) is 0 Å². The van der Waals surface area contributed by atoms with Crippen LogP contribution in [0.3, 0.4) is 0 Å². The summed E-state index contributed by atoms with van der Waals surface area (Å²) in [6, 6.07) is 42.0. The van der Waals surface area contributed by atoms with Gasteiger partial charge in [-0.3, -0.25) is 0 Å². The van der Waals surface area contributed by atoms with Gasteiger partial charge in [-0.05, 0) is 175 Å². The summed E-state index contributed by atoms with van der Waals surface area (Å²) < 4.78 is 0. The third-order valence-electron chi connectivity index (χ3n) is 18.1. The highest BCUT2D eigenvalue weighted by molar-refractivity contribution is 7.00. The molecule has 0 aromatic heterocycles. The topological polar surface area (TPSA) is 6.48 Å². The van der Waals surface area contributed by atoms with E-state index in [-0.39, 0.29) is 39.2 Å². The van der Waals surface area contributed by atoms with E-state index in [2.05, 4.69) is 217 Å². The van der Waals surface area contributed by atoms with Gasteiger partial charge in [-0.25, -0.2) is 0 Å². The zero-order chi connectivity index (χ0) is 48.2. The van der Waals surface area contributed by atoms with Crippen LogP contribution in [0, 0.1) is 6.92 Å². The van der Waals surface area contributed by atoms with Crippen molar-refractivity contribution in [2.75, 3.05) is 9.80 Å². The summed E-state index contributed by atoms with van der Waals surface area (Å²) in [6.45, 7) is 36.6. The highest BCUT2D eigenvalue weighted by Crippen LogP contribution is 2.57. The first-order chi connectivity index (χ1) is 31.9. The molecule has 0 radical (unpaired) electrons. The molecule has 3 heteroatoms. The van der Waals surface area contributed by atoms with Gasteiger partial charge in [0, 0.05) is 45.0 Å². The van der Waals surface area contributed by atoms with Crippen LogP contribution >= 0.6 is 0 Å². The van der Waals surface area contributed by atoms with Gasteiger partial charge in [0.25, 0.3) is 6.71 Å². The van der Waals surface area contributed by atoms with Gasteiger partial charge in [0.05, 0.1) is 0 Å². The molecule has 0 saturated heterocycles. The number of fused-ring (bicyclic) bond motifs is 7. The van der Waals surface area contributed by atoms with Crippen molar-refractivity contribution in [1.82, 2.24) is 0 Å². The number of hydrogen-bond donors (Lipinski definition) is 0. The fraction of sp³-hybridized carbons (Fsp3) is 0.446. The largest absolute Gasteiger partial charge is 0.311 e. The van der Waals surface area contributed by atoms with Crippen LogP contribution in [-0.2, 0) is 32.5 Å². The maximum absolute atomic E-state index is 2.84. The summed E-state index contributed by atoms with van der Waals surface area (Å²) in [4.78, 5) is 5.46. The first-order valence-corrected chi connectivity index (χ1v) is 26.4. The van der Waals surface area contributed by atoms with Crippen molar-refractivity contribution >= 4 is 57.2 Å². The molecule has 1 fully saturated rings. The van der Waals surface area contributed by atoms with Gasteiger partial charge < -0.3 is 9.80 Å². The molecule has 0 N–H and O–H groups in total. The average molecular weight is 897 g/mol. The van der Waals surface area contributed by atoms with Crippen LogP contribution in [0.1, 0.15) is 203 Å². The summed E-state index contributed by atoms with van der Waals surface area (Å²) in [5.41, 5.74) is 26.8. The molecule has 2 aliphatic heterocycles. The number of aryl methyl sites for hydroxylation is 1. The molecular formula is C65H77BN2. The second kappa shape index (κ2) is 15.0. The van der Waals surface area contributed by atoms with E-state index in [0.29, 0.717) is 5.92 Å². The van der Waals surface area contributed by atoms with Crippen LogP contribution in [-0.4, -0.2) is 6.71 Å². The maximum atomic E-state index is 2.84. The van der Waals surface area contributed by atoms with E-state index in [1.54, 1.807) is 16.7 Å². The third-order valence-corrected chi connectivity index (χ3v) is 18.1. The fourth-order valence-corrected chi connectivity index (χ4v) is 14.0. The first-order valence-electron chi connectivity index (χ1n) is 26.4. The molecule has 6 aromatic rings. The number of anilines is 6. The van der Waals surface area contributed by atoms with Gasteiger partial charge in [-0.15, -0.1) is 0 Å². The molecule has 0 spiro atoms. The molecular weight excluding hydrogens is 820 g/mol. The number of benzene rings is 6. The van der Waals surface area contributed by atoms with Crippen molar-refractivity contribution in [1.29, 1.82) is 0 Å². The smallest absolute Gasteiger partial charge is 0.252 e. The highest BCUT2D eigenvalue weighted by Gasteiger charge is 2.49. The lowest BCUT2D eigenvalue weighted by Crippen LogP contribution is -2.62. The quantitative estimate of drug-likeness (QED) is 0.163. The van der Waals surface area contributed by atoms with Crippen LogP contribution in [0.5, 0.6) is 0 Å². The summed E-state index contributed by atoms with van der Waals surface area (Å²) in [6.07, 6.45) is 8.91. The fourth-order valence-electron chi connectivity index (χ4n) is 14.0.